The van der Waals surface area contributed by atoms with E-state index in [1.807, 2.05) is 0 Å². The zero-order valence-corrected chi connectivity index (χ0v) is 16.6. The van der Waals surface area contributed by atoms with E-state index in [4.69, 9.17) is 4.42 Å². The predicted octanol–water partition coefficient (Wildman–Crippen LogP) is 3.54. The molecule has 3 aromatic rings. The van der Waals surface area contributed by atoms with Gasteiger partial charge in [-0.15, -0.1) is 0 Å². The fourth-order valence-corrected chi connectivity index (χ4v) is 3.10. The van der Waals surface area contributed by atoms with Gasteiger partial charge in [0.05, 0.1) is 18.4 Å². The van der Waals surface area contributed by atoms with Crippen molar-refractivity contribution in [2.45, 2.75) is 0 Å². The molecular weight excluding hydrogens is 419 g/mol. The first-order valence-electron chi connectivity index (χ1n) is 9.33. The summed E-state index contributed by atoms with van der Waals surface area (Å²) in [7, 11) is 1.29. The molecule has 1 fully saturated rings. The molecule has 2 aromatic carbocycles. The molecule has 0 aliphatic carbocycles. The third-order valence-corrected chi connectivity index (χ3v) is 4.69. The number of imide groups is 2. The summed E-state index contributed by atoms with van der Waals surface area (Å²) in [6.45, 7) is 0. The molecule has 1 aromatic heterocycles. The average Bonchev–Trinajstić information content (AvgIpc) is 3.26. The molecule has 1 aliphatic heterocycles. The van der Waals surface area contributed by atoms with Gasteiger partial charge in [-0.25, -0.2) is 18.9 Å². The Labute approximate surface area is 180 Å². The fourth-order valence-electron chi connectivity index (χ4n) is 3.10. The van der Waals surface area contributed by atoms with Crippen molar-refractivity contribution in [3.05, 3.63) is 83.4 Å². The fraction of sp³-hybridized carbons (Fsp3) is 0.0435. The van der Waals surface area contributed by atoms with Gasteiger partial charge in [0.1, 0.15) is 22.9 Å². The monoisotopic (exact) mass is 434 g/mol. The maximum atomic E-state index is 13.2. The number of nitrogens with one attached hydrogen (secondary N) is 1. The minimum absolute atomic E-state index is 0.109. The van der Waals surface area contributed by atoms with Gasteiger partial charge in [-0.1, -0.05) is 12.1 Å². The number of urea groups is 1. The average molecular weight is 434 g/mol. The molecule has 0 unspecified atom stereocenters. The van der Waals surface area contributed by atoms with E-state index < -0.39 is 29.6 Å². The summed E-state index contributed by atoms with van der Waals surface area (Å²) in [5.41, 5.74) is 0.819. The number of anilines is 1. The number of esters is 1. The van der Waals surface area contributed by atoms with Crippen LogP contribution in [-0.2, 0) is 14.3 Å². The smallest absolute Gasteiger partial charge is 0.337 e. The van der Waals surface area contributed by atoms with E-state index in [-0.39, 0.29) is 17.0 Å². The molecule has 160 valence electrons. The number of halogens is 1. The molecule has 2 heterocycles. The van der Waals surface area contributed by atoms with Crippen molar-refractivity contribution in [1.82, 2.24) is 5.32 Å². The largest absolute Gasteiger partial charge is 0.465 e. The van der Waals surface area contributed by atoms with Gasteiger partial charge in [0.2, 0.25) is 0 Å². The third-order valence-electron chi connectivity index (χ3n) is 4.69. The molecule has 8 nitrogen and oxygen atoms in total. The number of hydrogen-bond acceptors (Lipinski definition) is 6. The summed E-state index contributed by atoms with van der Waals surface area (Å²) in [5.74, 6) is -2.12. The molecule has 0 bridgehead atoms. The Bertz CT molecular complexity index is 1260. The normalized spacial score (nSPS) is 15.1. The second-order valence-corrected chi connectivity index (χ2v) is 6.71. The second-order valence-electron chi connectivity index (χ2n) is 6.71. The standard InChI is InChI=1S/C23H15FN2O6/c1-31-22(29)14-4-2-13(3-5-14)19-11-10-17(32-19)12-18-20(27)25-23(30)26(21(18)28)16-8-6-15(24)7-9-16/h2-12H,1H3,(H,25,27,30). The number of carbonyl (C=O) groups is 4. The van der Waals surface area contributed by atoms with Crippen LogP contribution >= 0.6 is 0 Å². The Morgan fingerprint density at radius 2 is 1.69 bits per heavy atom. The van der Waals surface area contributed by atoms with Crippen LogP contribution in [0.3, 0.4) is 0 Å². The van der Waals surface area contributed by atoms with Crippen LogP contribution in [0.1, 0.15) is 16.1 Å². The lowest BCUT2D eigenvalue weighted by atomic mass is 10.1. The van der Waals surface area contributed by atoms with Gasteiger partial charge in [-0.3, -0.25) is 14.9 Å². The summed E-state index contributed by atoms with van der Waals surface area (Å²) in [5, 5.41) is 2.08. The van der Waals surface area contributed by atoms with Crippen molar-refractivity contribution in [3.63, 3.8) is 0 Å². The van der Waals surface area contributed by atoms with Crippen LogP contribution in [0.5, 0.6) is 0 Å². The van der Waals surface area contributed by atoms with Crippen LogP contribution in [0.4, 0.5) is 14.9 Å². The molecule has 4 rings (SSSR count). The number of rotatable bonds is 4. The first kappa shape index (κ1) is 20.7. The molecule has 32 heavy (non-hydrogen) atoms. The van der Waals surface area contributed by atoms with Crippen molar-refractivity contribution in [2.24, 2.45) is 0 Å². The first-order valence-corrected chi connectivity index (χ1v) is 9.33. The predicted molar refractivity (Wildman–Crippen MR) is 111 cm³/mol. The van der Waals surface area contributed by atoms with E-state index in [1.165, 1.54) is 25.3 Å². The Balaban J connectivity index is 1.61. The van der Waals surface area contributed by atoms with Crippen LogP contribution < -0.4 is 10.2 Å². The van der Waals surface area contributed by atoms with E-state index >= 15 is 0 Å². The second kappa shape index (κ2) is 8.31. The molecule has 1 N–H and O–H groups in total. The topological polar surface area (TPSA) is 106 Å². The lowest BCUT2D eigenvalue weighted by Crippen LogP contribution is -2.54. The van der Waals surface area contributed by atoms with Crippen molar-refractivity contribution < 1.29 is 32.7 Å². The lowest BCUT2D eigenvalue weighted by molar-refractivity contribution is -0.122. The minimum Gasteiger partial charge on any atom is -0.465 e. The highest BCUT2D eigenvalue weighted by Crippen LogP contribution is 2.26. The van der Waals surface area contributed by atoms with Crippen molar-refractivity contribution >= 4 is 35.6 Å². The molecule has 9 heteroatoms. The maximum Gasteiger partial charge on any atom is 0.337 e. The summed E-state index contributed by atoms with van der Waals surface area (Å²) >= 11 is 0. The van der Waals surface area contributed by atoms with Gasteiger partial charge in [-0.05, 0) is 54.6 Å². The van der Waals surface area contributed by atoms with Crippen molar-refractivity contribution in [3.8, 4) is 11.3 Å². The number of barbiturate groups is 1. The Morgan fingerprint density at radius 1 is 1.00 bits per heavy atom. The zero-order chi connectivity index (χ0) is 22.8. The summed E-state index contributed by atoms with van der Waals surface area (Å²) in [6.07, 6.45) is 1.22. The van der Waals surface area contributed by atoms with E-state index in [9.17, 15) is 23.6 Å². The van der Waals surface area contributed by atoms with E-state index in [1.54, 1.807) is 36.4 Å². The van der Waals surface area contributed by atoms with E-state index in [0.29, 0.717) is 16.9 Å². The number of carbonyl (C=O) groups excluding carboxylic acids is 4. The molecule has 0 saturated carbocycles. The lowest BCUT2D eigenvalue weighted by Gasteiger charge is -2.26. The van der Waals surface area contributed by atoms with Gasteiger partial charge in [0.15, 0.2) is 0 Å². The van der Waals surface area contributed by atoms with Crippen molar-refractivity contribution in [2.75, 3.05) is 12.0 Å². The molecule has 0 spiro atoms. The number of methoxy groups -OCH3 is 1. The Hall–Kier alpha value is -4.53. The highest BCUT2D eigenvalue weighted by molar-refractivity contribution is 6.39. The SMILES string of the molecule is COC(=O)c1ccc(-c2ccc(C=C3C(=O)NC(=O)N(c4ccc(F)cc4)C3=O)o2)cc1. The maximum absolute atomic E-state index is 13.2. The molecule has 0 atom stereocenters. The van der Waals surface area contributed by atoms with Gasteiger partial charge < -0.3 is 9.15 Å². The quantitative estimate of drug-likeness (QED) is 0.383. The Kier molecular flexibility index (Phi) is 5.38. The van der Waals surface area contributed by atoms with Gasteiger partial charge in [0.25, 0.3) is 11.8 Å². The molecule has 1 saturated heterocycles. The molecular formula is C23H15FN2O6. The third kappa shape index (κ3) is 3.91. The minimum atomic E-state index is -0.936. The zero-order valence-electron chi connectivity index (χ0n) is 16.6. The van der Waals surface area contributed by atoms with Crippen molar-refractivity contribution in [1.29, 1.82) is 0 Å². The van der Waals surface area contributed by atoms with Gasteiger partial charge in [-0.2, -0.15) is 0 Å². The van der Waals surface area contributed by atoms with Crippen LogP contribution in [0.25, 0.3) is 17.4 Å². The summed E-state index contributed by atoms with van der Waals surface area (Å²) < 4.78 is 23.6. The van der Waals surface area contributed by atoms with E-state index in [2.05, 4.69) is 10.1 Å². The number of amides is 4. The summed E-state index contributed by atoms with van der Waals surface area (Å²) in [4.78, 5) is 49.6. The number of hydrogen-bond donors (Lipinski definition) is 1. The number of furan rings is 1. The van der Waals surface area contributed by atoms with Crippen LogP contribution in [0.2, 0.25) is 0 Å². The molecule has 0 radical (unpaired) electrons. The van der Waals surface area contributed by atoms with Gasteiger partial charge in [0, 0.05) is 5.56 Å². The number of ether oxygens (including phenoxy) is 1. The van der Waals surface area contributed by atoms with Crippen LogP contribution in [0, 0.1) is 5.82 Å². The van der Waals surface area contributed by atoms with Gasteiger partial charge >= 0.3 is 12.0 Å². The highest BCUT2D eigenvalue weighted by Gasteiger charge is 2.37. The first-order chi connectivity index (χ1) is 15.4. The van der Waals surface area contributed by atoms with E-state index in [0.717, 1.165) is 17.0 Å². The Morgan fingerprint density at radius 3 is 2.34 bits per heavy atom. The number of nitrogens with zero attached hydrogens (tertiary/aromatic N) is 1. The molecule has 1 aliphatic rings. The number of benzene rings is 2. The molecule has 4 amide bonds. The van der Waals surface area contributed by atoms with Crippen LogP contribution in [0.15, 0.2) is 70.7 Å². The highest BCUT2D eigenvalue weighted by atomic mass is 19.1. The van der Waals surface area contributed by atoms with Crippen LogP contribution in [-0.4, -0.2) is 30.9 Å². The summed E-state index contributed by atoms with van der Waals surface area (Å²) in [6, 6.07) is 13.4.